The molecule has 0 bridgehead atoms. The minimum Gasteiger partial charge on any atom is -0.491 e. The van der Waals surface area contributed by atoms with Crippen LogP contribution in [0, 0.1) is 19.7 Å². The van der Waals surface area contributed by atoms with Gasteiger partial charge < -0.3 is 24.6 Å². The van der Waals surface area contributed by atoms with Crippen LogP contribution in [-0.2, 0) is 13.1 Å². The molecule has 5 rings (SSSR count). The molecule has 2 N–H and O–H groups in total. The number of aliphatic hydroxyl groups excluding tert-OH is 1. The number of likely N-dealkylation sites (N-methyl/N-ethyl adjacent to an activating group) is 1. The molecule has 10 nitrogen and oxygen atoms in total. The fraction of sp³-hybridized carbons (Fsp3) is 0.320. The maximum absolute atomic E-state index is 15.1. The van der Waals surface area contributed by atoms with Crippen molar-refractivity contribution in [2.75, 3.05) is 25.1 Å². The fourth-order valence-corrected chi connectivity index (χ4v) is 4.53. The summed E-state index contributed by atoms with van der Waals surface area (Å²) in [5, 5.41) is 17.2. The highest BCUT2D eigenvalue weighted by atomic mass is 35.5. The van der Waals surface area contributed by atoms with E-state index in [4.69, 9.17) is 20.9 Å². The maximum Gasteiger partial charge on any atom is 0.165 e. The van der Waals surface area contributed by atoms with E-state index in [1.54, 1.807) is 33.3 Å². The third kappa shape index (κ3) is 4.97. The van der Waals surface area contributed by atoms with Gasteiger partial charge in [0.05, 0.1) is 41.3 Å². The summed E-state index contributed by atoms with van der Waals surface area (Å²) < 4.78 is 26.2. The molecule has 0 amide bonds. The standard InChI is InChI=1S/C25H25ClFN7O3/c1-13-21(14(2)37-33-13)23-22(26)25(34-10-19-20(11-34)30-7-6-29-19)32-24(31-23)17-8-16(4-5-18(17)27)36-12-15(35)9-28-3/h4-8,15,28,35H,9-12H2,1-3H3. The number of aromatic nitrogens is 5. The van der Waals surface area contributed by atoms with Gasteiger partial charge in [0.1, 0.15) is 40.8 Å². The summed E-state index contributed by atoms with van der Waals surface area (Å²) >= 11 is 6.88. The fourth-order valence-electron chi connectivity index (χ4n) is 4.23. The summed E-state index contributed by atoms with van der Waals surface area (Å²) in [4.78, 5) is 20.1. The molecule has 0 saturated heterocycles. The van der Waals surface area contributed by atoms with Gasteiger partial charge in [0.2, 0.25) is 0 Å². The molecular weight excluding hydrogens is 501 g/mol. The number of halogens is 2. The predicted molar refractivity (Wildman–Crippen MR) is 135 cm³/mol. The number of benzene rings is 1. The lowest BCUT2D eigenvalue weighted by Gasteiger charge is -2.20. The molecule has 3 aromatic heterocycles. The van der Waals surface area contributed by atoms with Crippen molar-refractivity contribution in [2.24, 2.45) is 0 Å². The lowest BCUT2D eigenvalue weighted by molar-refractivity contribution is 0.108. The van der Waals surface area contributed by atoms with Crippen LogP contribution in [0.15, 0.2) is 35.1 Å². The number of nitrogens with one attached hydrogen (secondary N) is 1. The monoisotopic (exact) mass is 525 g/mol. The van der Waals surface area contributed by atoms with E-state index >= 15 is 4.39 Å². The highest BCUT2D eigenvalue weighted by Gasteiger charge is 2.29. The molecule has 37 heavy (non-hydrogen) atoms. The van der Waals surface area contributed by atoms with Crippen LogP contribution < -0.4 is 15.0 Å². The molecule has 192 valence electrons. The minimum atomic E-state index is -0.720. The largest absolute Gasteiger partial charge is 0.491 e. The molecule has 0 aliphatic carbocycles. The van der Waals surface area contributed by atoms with Crippen LogP contribution >= 0.6 is 11.6 Å². The Morgan fingerprint density at radius 2 is 1.92 bits per heavy atom. The van der Waals surface area contributed by atoms with Crippen molar-refractivity contribution in [1.29, 1.82) is 0 Å². The van der Waals surface area contributed by atoms with Crippen LogP contribution in [0.1, 0.15) is 22.8 Å². The number of ether oxygens (including phenoxy) is 1. The van der Waals surface area contributed by atoms with E-state index in [0.717, 1.165) is 11.4 Å². The molecule has 4 aromatic rings. The van der Waals surface area contributed by atoms with E-state index in [1.165, 1.54) is 18.2 Å². The van der Waals surface area contributed by atoms with Gasteiger partial charge in [-0.15, -0.1) is 0 Å². The summed E-state index contributed by atoms with van der Waals surface area (Å²) in [6, 6.07) is 4.28. The molecule has 0 radical (unpaired) electrons. The Morgan fingerprint density at radius 1 is 1.19 bits per heavy atom. The zero-order valence-electron chi connectivity index (χ0n) is 20.5. The molecular formula is C25H25ClFN7O3. The summed E-state index contributed by atoms with van der Waals surface area (Å²) in [5.41, 5.74) is 3.35. The van der Waals surface area contributed by atoms with E-state index < -0.39 is 11.9 Å². The molecule has 0 saturated carbocycles. The Bertz CT molecular complexity index is 1400. The number of nitrogens with zero attached hydrogens (tertiary/aromatic N) is 6. The second-order valence-corrected chi connectivity index (χ2v) is 9.08. The third-order valence-corrected chi connectivity index (χ3v) is 6.35. The lowest BCUT2D eigenvalue weighted by atomic mass is 10.1. The van der Waals surface area contributed by atoms with E-state index in [9.17, 15) is 5.11 Å². The zero-order chi connectivity index (χ0) is 26.1. The van der Waals surface area contributed by atoms with Crippen molar-refractivity contribution >= 4 is 17.4 Å². The van der Waals surface area contributed by atoms with Crippen molar-refractivity contribution in [1.82, 2.24) is 30.4 Å². The maximum atomic E-state index is 15.1. The van der Waals surface area contributed by atoms with Crippen LogP contribution in [0.3, 0.4) is 0 Å². The average molecular weight is 526 g/mol. The lowest BCUT2D eigenvalue weighted by Crippen LogP contribution is -2.29. The van der Waals surface area contributed by atoms with Gasteiger partial charge in [-0.2, -0.15) is 0 Å². The van der Waals surface area contributed by atoms with Crippen LogP contribution in [0.5, 0.6) is 5.75 Å². The van der Waals surface area contributed by atoms with E-state index in [1.807, 2.05) is 4.90 Å². The van der Waals surface area contributed by atoms with Crippen molar-refractivity contribution in [3.63, 3.8) is 0 Å². The number of rotatable bonds is 8. The van der Waals surface area contributed by atoms with Crippen LogP contribution in [0.25, 0.3) is 22.6 Å². The van der Waals surface area contributed by atoms with Gasteiger partial charge in [-0.3, -0.25) is 9.97 Å². The van der Waals surface area contributed by atoms with Crippen LogP contribution in [0.4, 0.5) is 10.2 Å². The molecule has 1 aliphatic heterocycles. The molecule has 0 fully saturated rings. The Balaban J connectivity index is 1.60. The van der Waals surface area contributed by atoms with Gasteiger partial charge in [0.15, 0.2) is 11.6 Å². The topological polar surface area (TPSA) is 122 Å². The SMILES string of the molecule is CNCC(O)COc1ccc(F)c(-c2nc(-c3c(C)noc3C)c(Cl)c(N3Cc4nccnc4C3)n2)c1. The molecule has 1 atom stereocenters. The first-order valence-electron chi connectivity index (χ1n) is 11.7. The summed E-state index contributed by atoms with van der Waals surface area (Å²) in [6.07, 6.45) is 2.56. The van der Waals surface area contributed by atoms with Gasteiger partial charge >= 0.3 is 0 Å². The Morgan fingerprint density at radius 3 is 2.57 bits per heavy atom. The predicted octanol–water partition coefficient (Wildman–Crippen LogP) is 3.48. The van der Waals surface area contributed by atoms with Gasteiger partial charge in [-0.05, 0) is 39.1 Å². The first-order chi connectivity index (χ1) is 17.9. The van der Waals surface area contributed by atoms with Crippen LogP contribution in [-0.4, -0.2) is 56.5 Å². The van der Waals surface area contributed by atoms with Gasteiger partial charge in [-0.25, -0.2) is 14.4 Å². The smallest absolute Gasteiger partial charge is 0.165 e. The Labute approximate surface area is 217 Å². The summed E-state index contributed by atoms with van der Waals surface area (Å²) in [7, 11) is 1.73. The number of aryl methyl sites for hydroxylation is 2. The first kappa shape index (κ1) is 25.0. The molecule has 1 aliphatic rings. The number of aliphatic hydroxyl groups is 1. The molecule has 0 spiro atoms. The second-order valence-electron chi connectivity index (χ2n) is 8.70. The first-order valence-corrected chi connectivity index (χ1v) is 12.0. The van der Waals surface area contributed by atoms with Crippen LogP contribution in [0.2, 0.25) is 5.02 Å². The molecule has 1 aromatic carbocycles. The van der Waals surface area contributed by atoms with Gasteiger partial charge in [-0.1, -0.05) is 16.8 Å². The number of hydrogen-bond acceptors (Lipinski definition) is 10. The van der Waals surface area contributed by atoms with E-state index in [2.05, 4.69) is 30.4 Å². The summed E-state index contributed by atoms with van der Waals surface area (Å²) in [6.45, 7) is 4.83. The Hall–Kier alpha value is -3.67. The second kappa shape index (κ2) is 10.4. The van der Waals surface area contributed by atoms with E-state index in [0.29, 0.717) is 53.9 Å². The van der Waals surface area contributed by atoms with Gasteiger partial charge in [0.25, 0.3) is 0 Å². The van der Waals surface area contributed by atoms with Crippen molar-refractivity contribution in [2.45, 2.75) is 33.0 Å². The highest BCUT2D eigenvalue weighted by Crippen LogP contribution is 2.40. The highest BCUT2D eigenvalue weighted by molar-refractivity contribution is 6.35. The Kier molecular flexibility index (Phi) is 7.00. The quantitative estimate of drug-likeness (QED) is 0.353. The van der Waals surface area contributed by atoms with Gasteiger partial charge in [0, 0.05) is 18.9 Å². The van der Waals surface area contributed by atoms with Crippen molar-refractivity contribution < 1.29 is 18.8 Å². The van der Waals surface area contributed by atoms with Crippen molar-refractivity contribution in [3.05, 3.63) is 64.3 Å². The summed E-state index contributed by atoms with van der Waals surface area (Å²) in [5.74, 6) is 0.891. The molecule has 1 unspecified atom stereocenters. The number of anilines is 1. The third-order valence-electron chi connectivity index (χ3n) is 6.01. The van der Waals surface area contributed by atoms with Crippen molar-refractivity contribution in [3.8, 4) is 28.4 Å². The zero-order valence-corrected chi connectivity index (χ0v) is 21.3. The average Bonchev–Trinajstić information content (AvgIpc) is 3.46. The minimum absolute atomic E-state index is 0.0367. The van der Waals surface area contributed by atoms with E-state index in [-0.39, 0.29) is 23.0 Å². The normalized spacial score (nSPS) is 13.6. The number of hydrogen-bond donors (Lipinski definition) is 2. The number of fused-ring (bicyclic) bond motifs is 1. The molecule has 4 heterocycles. The molecule has 12 heteroatoms.